The summed E-state index contributed by atoms with van der Waals surface area (Å²) in [7, 11) is 0. The molecule has 0 aliphatic rings. The lowest BCUT2D eigenvalue weighted by Gasteiger charge is -2.18. The third-order valence-corrected chi connectivity index (χ3v) is 6.59. The number of carbonyl (C=O) groups is 2. The van der Waals surface area contributed by atoms with Gasteiger partial charge in [0.1, 0.15) is 0 Å². The molecule has 4 rings (SSSR count). The molecule has 1 aromatic heterocycles. The summed E-state index contributed by atoms with van der Waals surface area (Å²) in [6.45, 7) is 7.17. The molecule has 0 aliphatic carbocycles. The number of nitrogens with zero attached hydrogens (tertiary/aromatic N) is 2. The lowest BCUT2D eigenvalue weighted by atomic mass is 10.1. The number of aromatic nitrogens is 2. The van der Waals surface area contributed by atoms with Crippen LogP contribution in [0.5, 0.6) is 0 Å². The minimum atomic E-state index is -0.551. The lowest BCUT2D eigenvalue weighted by molar-refractivity contribution is -0.115. The molecular weight excluding hydrogens is 446 g/mol. The Kier molecular flexibility index (Phi) is 6.65. The molecule has 0 fully saturated rings. The number of Topliss-reactive ketones (excluding diaryl/α,β-unsaturated/α-hetero) is 1. The molecule has 3 aromatic carbocycles. The highest BCUT2D eigenvalue weighted by atomic mass is 32.2. The average molecular weight is 472 g/mol. The SMILES string of the molecule is CC(=O)c1cccc(NC(=O)C(C)Sc2nc3ccccc3c(=O)n2-c2cc(C)ccc2C)c1. The normalized spacial score (nSPS) is 11.9. The molecule has 7 heteroatoms. The van der Waals surface area contributed by atoms with Crippen molar-refractivity contribution in [3.05, 3.63) is 93.8 Å². The summed E-state index contributed by atoms with van der Waals surface area (Å²) in [5.41, 5.74) is 4.17. The first-order chi connectivity index (χ1) is 16.2. The number of hydrogen-bond acceptors (Lipinski definition) is 5. The lowest BCUT2D eigenvalue weighted by Crippen LogP contribution is -2.26. The Hall–Kier alpha value is -3.71. The van der Waals surface area contributed by atoms with Crippen molar-refractivity contribution < 1.29 is 9.59 Å². The number of carbonyl (C=O) groups excluding carboxylic acids is 2. The molecule has 34 heavy (non-hydrogen) atoms. The Bertz CT molecular complexity index is 1480. The van der Waals surface area contributed by atoms with Gasteiger partial charge in [0.15, 0.2) is 10.9 Å². The van der Waals surface area contributed by atoms with Gasteiger partial charge in [-0.3, -0.25) is 19.0 Å². The summed E-state index contributed by atoms with van der Waals surface area (Å²) in [6, 6.07) is 20.0. The standard InChI is InChI=1S/C27H25N3O3S/c1-16-12-13-17(2)24(14-16)30-26(33)22-10-5-6-11-23(22)29-27(30)34-19(4)25(32)28-21-9-7-8-20(15-21)18(3)31/h5-15,19H,1-4H3,(H,28,32). The van der Waals surface area contributed by atoms with E-state index in [1.54, 1.807) is 47.9 Å². The molecule has 172 valence electrons. The Morgan fingerprint density at radius 2 is 1.76 bits per heavy atom. The van der Waals surface area contributed by atoms with Crippen LogP contribution in [0.15, 0.2) is 76.7 Å². The second-order valence-corrected chi connectivity index (χ2v) is 9.54. The maximum atomic E-state index is 13.5. The van der Waals surface area contributed by atoms with Crippen LogP contribution in [-0.2, 0) is 4.79 Å². The third kappa shape index (κ3) is 4.79. The van der Waals surface area contributed by atoms with E-state index in [2.05, 4.69) is 5.32 Å². The molecule has 0 bridgehead atoms. The molecule has 1 unspecified atom stereocenters. The van der Waals surface area contributed by atoms with Gasteiger partial charge in [-0.25, -0.2) is 4.98 Å². The van der Waals surface area contributed by atoms with Crippen molar-refractivity contribution in [3.63, 3.8) is 0 Å². The van der Waals surface area contributed by atoms with Gasteiger partial charge in [0.25, 0.3) is 5.56 Å². The fraction of sp³-hybridized carbons (Fsp3) is 0.185. The number of nitrogens with one attached hydrogen (secondary N) is 1. The topological polar surface area (TPSA) is 81.1 Å². The highest BCUT2D eigenvalue weighted by Gasteiger charge is 2.21. The van der Waals surface area contributed by atoms with Crippen LogP contribution in [0.4, 0.5) is 5.69 Å². The number of fused-ring (bicyclic) bond motifs is 1. The van der Waals surface area contributed by atoms with Crippen molar-refractivity contribution in [1.82, 2.24) is 9.55 Å². The molecule has 6 nitrogen and oxygen atoms in total. The van der Waals surface area contributed by atoms with Gasteiger partial charge in [0.05, 0.1) is 21.8 Å². The molecular formula is C27H25N3O3S. The molecule has 1 heterocycles. The molecule has 1 amide bonds. The summed E-state index contributed by atoms with van der Waals surface area (Å²) in [4.78, 5) is 42.9. The van der Waals surface area contributed by atoms with Crippen LogP contribution in [0.1, 0.15) is 35.3 Å². The van der Waals surface area contributed by atoms with Crippen LogP contribution >= 0.6 is 11.8 Å². The quantitative estimate of drug-likeness (QED) is 0.234. The van der Waals surface area contributed by atoms with Crippen molar-refractivity contribution in [1.29, 1.82) is 0 Å². The fourth-order valence-corrected chi connectivity index (χ4v) is 4.56. The van der Waals surface area contributed by atoms with Gasteiger partial charge in [-0.15, -0.1) is 0 Å². The number of aryl methyl sites for hydroxylation is 2. The van der Waals surface area contributed by atoms with Gasteiger partial charge < -0.3 is 5.32 Å². The molecule has 0 radical (unpaired) electrons. The molecule has 4 aromatic rings. The summed E-state index contributed by atoms with van der Waals surface area (Å²) in [5.74, 6) is -0.322. The summed E-state index contributed by atoms with van der Waals surface area (Å²) >= 11 is 1.22. The van der Waals surface area contributed by atoms with E-state index >= 15 is 0 Å². The smallest absolute Gasteiger partial charge is 0.266 e. The average Bonchev–Trinajstić information content (AvgIpc) is 2.81. The number of ketones is 1. The number of hydrogen-bond donors (Lipinski definition) is 1. The zero-order chi connectivity index (χ0) is 24.4. The molecule has 0 saturated carbocycles. The predicted molar refractivity (Wildman–Crippen MR) is 137 cm³/mol. The van der Waals surface area contributed by atoms with E-state index in [-0.39, 0.29) is 17.2 Å². The predicted octanol–water partition coefficient (Wildman–Crippen LogP) is 5.32. The highest BCUT2D eigenvalue weighted by molar-refractivity contribution is 8.00. The van der Waals surface area contributed by atoms with Crippen molar-refractivity contribution >= 4 is 40.0 Å². The van der Waals surface area contributed by atoms with E-state index in [9.17, 15) is 14.4 Å². The van der Waals surface area contributed by atoms with Crippen LogP contribution in [0.2, 0.25) is 0 Å². The van der Waals surface area contributed by atoms with Crippen molar-refractivity contribution in [2.45, 2.75) is 38.1 Å². The van der Waals surface area contributed by atoms with Crippen molar-refractivity contribution in [3.8, 4) is 5.69 Å². The van der Waals surface area contributed by atoms with Crippen LogP contribution in [0.25, 0.3) is 16.6 Å². The zero-order valence-corrected chi connectivity index (χ0v) is 20.3. The fourth-order valence-electron chi connectivity index (χ4n) is 3.64. The van der Waals surface area contributed by atoms with Crippen LogP contribution in [0, 0.1) is 13.8 Å². The molecule has 0 saturated heterocycles. The summed E-state index contributed by atoms with van der Waals surface area (Å²) in [6.07, 6.45) is 0. The van der Waals surface area contributed by atoms with Crippen LogP contribution < -0.4 is 10.9 Å². The minimum Gasteiger partial charge on any atom is -0.325 e. The minimum absolute atomic E-state index is 0.0728. The van der Waals surface area contributed by atoms with E-state index in [1.807, 2.05) is 44.2 Å². The Labute approximate surface area is 202 Å². The number of anilines is 1. The molecule has 0 spiro atoms. The summed E-state index contributed by atoms with van der Waals surface area (Å²) in [5, 5.41) is 3.27. The van der Waals surface area contributed by atoms with Gasteiger partial charge in [-0.2, -0.15) is 0 Å². The maximum absolute atomic E-state index is 13.5. The second kappa shape index (κ2) is 9.65. The Morgan fingerprint density at radius 3 is 2.53 bits per heavy atom. The number of thioether (sulfide) groups is 1. The number of para-hydroxylation sites is 1. The first-order valence-electron chi connectivity index (χ1n) is 10.9. The maximum Gasteiger partial charge on any atom is 0.266 e. The van der Waals surface area contributed by atoms with Gasteiger partial charge in [0, 0.05) is 11.3 Å². The van der Waals surface area contributed by atoms with Crippen LogP contribution in [-0.4, -0.2) is 26.5 Å². The Balaban J connectivity index is 1.73. The van der Waals surface area contributed by atoms with Gasteiger partial charge in [0.2, 0.25) is 5.91 Å². The Morgan fingerprint density at radius 1 is 1.00 bits per heavy atom. The van der Waals surface area contributed by atoms with Crippen molar-refractivity contribution in [2.75, 3.05) is 5.32 Å². The zero-order valence-electron chi connectivity index (χ0n) is 19.5. The van der Waals surface area contributed by atoms with Gasteiger partial charge in [-0.1, -0.05) is 48.2 Å². The van der Waals surface area contributed by atoms with E-state index in [4.69, 9.17) is 4.98 Å². The summed E-state index contributed by atoms with van der Waals surface area (Å²) < 4.78 is 1.59. The molecule has 1 atom stereocenters. The van der Waals surface area contributed by atoms with E-state index in [1.165, 1.54) is 18.7 Å². The van der Waals surface area contributed by atoms with Gasteiger partial charge >= 0.3 is 0 Å². The number of amides is 1. The van der Waals surface area contributed by atoms with E-state index in [0.717, 1.165) is 16.8 Å². The second-order valence-electron chi connectivity index (χ2n) is 8.23. The van der Waals surface area contributed by atoms with E-state index < -0.39 is 5.25 Å². The molecule has 0 aliphatic heterocycles. The molecule has 1 N–H and O–H groups in total. The first kappa shape index (κ1) is 23.4. The number of rotatable bonds is 6. The van der Waals surface area contributed by atoms with Gasteiger partial charge in [-0.05, 0) is 69.2 Å². The monoisotopic (exact) mass is 471 g/mol. The van der Waals surface area contributed by atoms with Crippen molar-refractivity contribution in [2.24, 2.45) is 0 Å². The largest absolute Gasteiger partial charge is 0.325 e. The number of benzene rings is 3. The first-order valence-corrected chi connectivity index (χ1v) is 11.8. The third-order valence-electron chi connectivity index (χ3n) is 5.54. The highest BCUT2D eigenvalue weighted by Crippen LogP contribution is 2.27. The van der Waals surface area contributed by atoms with Crippen LogP contribution in [0.3, 0.4) is 0 Å². The van der Waals surface area contributed by atoms with E-state index in [0.29, 0.717) is 27.3 Å².